The quantitative estimate of drug-likeness (QED) is 0.858. The average molecular weight is 261 g/mol. The Labute approximate surface area is 109 Å². The van der Waals surface area contributed by atoms with Crippen LogP contribution in [0.3, 0.4) is 0 Å². The lowest BCUT2D eigenvalue weighted by molar-refractivity contribution is 0.0747. The standard InChI is InChI=1S/C13H15N3OS/c1-8-3-2-6-16(8)12(17)9-4-5-10-11(7-9)18-13(14)15-10/h4-5,7-8H,2-3,6H2,1H3,(H2,14,15). The third kappa shape index (κ3) is 1.84. The zero-order chi connectivity index (χ0) is 12.7. The molecule has 94 valence electrons. The van der Waals surface area contributed by atoms with Gasteiger partial charge >= 0.3 is 0 Å². The van der Waals surface area contributed by atoms with Crippen LogP contribution in [0, 0.1) is 0 Å². The second-order valence-electron chi connectivity index (χ2n) is 4.72. The van der Waals surface area contributed by atoms with E-state index in [1.54, 1.807) is 0 Å². The minimum absolute atomic E-state index is 0.119. The highest BCUT2D eigenvalue weighted by molar-refractivity contribution is 7.22. The molecule has 2 N–H and O–H groups in total. The fourth-order valence-electron chi connectivity index (χ4n) is 2.48. The van der Waals surface area contributed by atoms with Gasteiger partial charge in [-0.2, -0.15) is 0 Å². The van der Waals surface area contributed by atoms with Gasteiger partial charge in [0, 0.05) is 18.2 Å². The summed E-state index contributed by atoms with van der Waals surface area (Å²) in [5.41, 5.74) is 7.27. The molecule has 0 saturated carbocycles. The van der Waals surface area contributed by atoms with E-state index in [0.29, 0.717) is 11.2 Å². The number of likely N-dealkylation sites (tertiary alicyclic amines) is 1. The zero-order valence-corrected chi connectivity index (χ0v) is 11.0. The molecule has 1 aliphatic heterocycles. The van der Waals surface area contributed by atoms with Gasteiger partial charge in [-0.3, -0.25) is 4.79 Å². The molecule has 2 aromatic rings. The fourth-order valence-corrected chi connectivity index (χ4v) is 3.25. The van der Waals surface area contributed by atoms with E-state index in [4.69, 9.17) is 5.73 Å². The minimum Gasteiger partial charge on any atom is -0.375 e. The second-order valence-corrected chi connectivity index (χ2v) is 5.79. The number of fused-ring (bicyclic) bond motifs is 1. The van der Waals surface area contributed by atoms with Crippen LogP contribution in [-0.4, -0.2) is 28.4 Å². The molecule has 4 nitrogen and oxygen atoms in total. The molecule has 1 unspecified atom stereocenters. The largest absolute Gasteiger partial charge is 0.375 e. The number of amides is 1. The summed E-state index contributed by atoms with van der Waals surface area (Å²) in [6, 6.07) is 5.96. The molecule has 1 saturated heterocycles. The number of aromatic nitrogens is 1. The Kier molecular flexibility index (Phi) is 2.70. The lowest BCUT2D eigenvalue weighted by Gasteiger charge is -2.21. The molecule has 1 aromatic heterocycles. The van der Waals surface area contributed by atoms with Crippen molar-refractivity contribution in [1.82, 2.24) is 9.88 Å². The Balaban J connectivity index is 1.95. The van der Waals surface area contributed by atoms with Crippen LogP contribution in [0.25, 0.3) is 10.2 Å². The molecular formula is C13H15N3OS. The first-order chi connectivity index (χ1) is 8.65. The summed E-state index contributed by atoms with van der Waals surface area (Å²) in [4.78, 5) is 18.5. The van der Waals surface area contributed by atoms with E-state index >= 15 is 0 Å². The lowest BCUT2D eigenvalue weighted by Crippen LogP contribution is -2.33. The maximum Gasteiger partial charge on any atom is 0.254 e. The van der Waals surface area contributed by atoms with Crippen molar-refractivity contribution in [1.29, 1.82) is 0 Å². The average Bonchev–Trinajstić information content (AvgIpc) is 2.91. The van der Waals surface area contributed by atoms with Gasteiger partial charge in [0.05, 0.1) is 10.2 Å². The predicted octanol–water partition coefficient (Wildman–Crippen LogP) is 2.50. The smallest absolute Gasteiger partial charge is 0.254 e. The van der Waals surface area contributed by atoms with Crippen LogP contribution in [0.4, 0.5) is 5.13 Å². The first kappa shape index (κ1) is 11.5. The summed E-state index contributed by atoms with van der Waals surface area (Å²) in [7, 11) is 0. The SMILES string of the molecule is CC1CCCN1C(=O)c1ccc2nc(N)sc2c1. The third-order valence-electron chi connectivity index (χ3n) is 3.47. The number of benzene rings is 1. The molecule has 1 aromatic carbocycles. The molecule has 2 heterocycles. The number of hydrogen-bond acceptors (Lipinski definition) is 4. The van der Waals surface area contributed by atoms with Crippen LogP contribution in [0.15, 0.2) is 18.2 Å². The van der Waals surface area contributed by atoms with Gasteiger partial charge in [0.25, 0.3) is 5.91 Å². The molecule has 3 rings (SSSR count). The van der Waals surface area contributed by atoms with E-state index in [-0.39, 0.29) is 5.91 Å². The lowest BCUT2D eigenvalue weighted by atomic mass is 10.1. The topological polar surface area (TPSA) is 59.2 Å². The predicted molar refractivity (Wildman–Crippen MR) is 73.8 cm³/mol. The molecule has 0 aliphatic carbocycles. The van der Waals surface area contributed by atoms with Crippen molar-refractivity contribution in [3.8, 4) is 0 Å². The second kappa shape index (κ2) is 4.24. The van der Waals surface area contributed by atoms with Crippen molar-refractivity contribution >= 4 is 32.6 Å². The summed E-state index contributed by atoms with van der Waals surface area (Å²) in [6.45, 7) is 2.97. The molecule has 0 bridgehead atoms. The number of nitrogen functional groups attached to an aromatic ring is 1. The Hall–Kier alpha value is -1.62. The highest BCUT2D eigenvalue weighted by Crippen LogP contribution is 2.26. The van der Waals surface area contributed by atoms with Crippen LogP contribution in [0.5, 0.6) is 0 Å². The summed E-state index contributed by atoms with van der Waals surface area (Å²) < 4.78 is 0.977. The van der Waals surface area contributed by atoms with Gasteiger partial charge in [-0.1, -0.05) is 11.3 Å². The Morgan fingerprint density at radius 3 is 3.11 bits per heavy atom. The van der Waals surface area contributed by atoms with E-state index in [2.05, 4.69) is 11.9 Å². The van der Waals surface area contributed by atoms with Crippen molar-refractivity contribution < 1.29 is 4.79 Å². The number of rotatable bonds is 1. The van der Waals surface area contributed by atoms with E-state index in [1.165, 1.54) is 11.3 Å². The number of nitrogens with two attached hydrogens (primary N) is 1. The van der Waals surface area contributed by atoms with Crippen LogP contribution in [0.2, 0.25) is 0 Å². The van der Waals surface area contributed by atoms with Crippen LogP contribution in [-0.2, 0) is 0 Å². The van der Waals surface area contributed by atoms with Crippen molar-refractivity contribution in [2.45, 2.75) is 25.8 Å². The third-order valence-corrected chi connectivity index (χ3v) is 4.31. The van der Waals surface area contributed by atoms with Crippen LogP contribution >= 0.6 is 11.3 Å². The molecule has 1 fully saturated rings. The van der Waals surface area contributed by atoms with E-state index in [9.17, 15) is 4.79 Å². The summed E-state index contributed by atoms with van der Waals surface area (Å²) >= 11 is 1.42. The van der Waals surface area contributed by atoms with Crippen LogP contribution < -0.4 is 5.73 Å². The van der Waals surface area contributed by atoms with E-state index < -0.39 is 0 Å². The molecule has 18 heavy (non-hydrogen) atoms. The number of anilines is 1. The number of nitrogens with zero attached hydrogens (tertiary/aromatic N) is 2. The van der Waals surface area contributed by atoms with Crippen molar-refractivity contribution in [3.05, 3.63) is 23.8 Å². The Bertz CT molecular complexity index is 607. The van der Waals surface area contributed by atoms with Gasteiger partial charge in [0.15, 0.2) is 5.13 Å². The number of thiazole rings is 1. The monoisotopic (exact) mass is 261 g/mol. The van der Waals surface area contributed by atoms with Gasteiger partial charge in [-0.15, -0.1) is 0 Å². The van der Waals surface area contributed by atoms with Crippen molar-refractivity contribution in [2.75, 3.05) is 12.3 Å². The molecule has 5 heteroatoms. The molecular weight excluding hydrogens is 246 g/mol. The van der Waals surface area contributed by atoms with Gasteiger partial charge in [0.2, 0.25) is 0 Å². The summed E-state index contributed by atoms with van der Waals surface area (Å²) in [5.74, 6) is 0.119. The maximum absolute atomic E-state index is 12.4. The first-order valence-corrected chi connectivity index (χ1v) is 6.94. The highest BCUT2D eigenvalue weighted by atomic mass is 32.1. The maximum atomic E-state index is 12.4. The van der Waals surface area contributed by atoms with Gasteiger partial charge < -0.3 is 10.6 Å². The number of carbonyl (C=O) groups excluding carboxylic acids is 1. The normalized spacial score (nSPS) is 19.6. The zero-order valence-electron chi connectivity index (χ0n) is 10.2. The molecule has 1 aliphatic rings. The highest BCUT2D eigenvalue weighted by Gasteiger charge is 2.26. The van der Waals surface area contributed by atoms with Crippen LogP contribution in [0.1, 0.15) is 30.1 Å². The number of carbonyl (C=O) groups is 1. The van der Waals surface area contributed by atoms with Gasteiger partial charge in [0.1, 0.15) is 0 Å². The van der Waals surface area contributed by atoms with Crippen molar-refractivity contribution in [3.63, 3.8) is 0 Å². The molecule has 0 spiro atoms. The van der Waals surface area contributed by atoms with Gasteiger partial charge in [-0.05, 0) is 38.0 Å². The molecule has 1 atom stereocenters. The Morgan fingerprint density at radius 2 is 2.39 bits per heavy atom. The van der Waals surface area contributed by atoms with Gasteiger partial charge in [-0.25, -0.2) is 4.98 Å². The fraction of sp³-hybridized carbons (Fsp3) is 0.385. The summed E-state index contributed by atoms with van der Waals surface area (Å²) in [6.07, 6.45) is 2.20. The van der Waals surface area contributed by atoms with Crippen molar-refractivity contribution in [2.24, 2.45) is 0 Å². The first-order valence-electron chi connectivity index (χ1n) is 6.12. The van der Waals surface area contributed by atoms with E-state index in [1.807, 2.05) is 23.1 Å². The minimum atomic E-state index is 0.119. The summed E-state index contributed by atoms with van der Waals surface area (Å²) in [5, 5.41) is 0.545. The molecule has 1 amide bonds. The number of hydrogen-bond donors (Lipinski definition) is 1. The van der Waals surface area contributed by atoms with E-state index in [0.717, 1.165) is 35.2 Å². The molecule has 0 radical (unpaired) electrons. The Morgan fingerprint density at radius 1 is 1.56 bits per heavy atom.